The Hall–Kier alpha value is -2.57. The fourth-order valence-electron chi connectivity index (χ4n) is 4.29. The summed E-state index contributed by atoms with van der Waals surface area (Å²) in [7, 11) is 0. The Morgan fingerprint density at radius 2 is 1.48 bits per heavy atom. The molecule has 2 saturated heterocycles. The number of nitrogens with one attached hydrogen (secondary N) is 1. The number of carbonyl (C=O) groups excluding carboxylic acids is 2. The molecule has 2 aliphatic rings. The molecule has 0 bridgehead atoms. The highest BCUT2D eigenvalue weighted by Crippen LogP contribution is 2.22. The van der Waals surface area contributed by atoms with Crippen molar-refractivity contribution in [3.63, 3.8) is 0 Å². The Bertz CT molecular complexity index is 874. The smallest absolute Gasteiger partial charge is 0.321 e. The fraction of sp³-hybridized carbons (Fsp3) is 0.417. The van der Waals surface area contributed by atoms with Crippen LogP contribution >= 0.6 is 11.6 Å². The van der Waals surface area contributed by atoms with Gasteiger partial charge in [0.25, 0.3) is 0 Å². The summed E-state index contributed by atoms with van der Waals surface area (Å²) in [5.41, 5.74) is 2.03. The molecule has 0 aliphatic carbocycles. The Labute approximate surface area is 188 Å². The van der Waals surface area contributed by atoms with Crippen LogP contribution in [-0.4, -0.2) is 65.9 Å². The minimum atomic E-state index is -0.0899. The lowest BCUT2D eigenvalue weighted by molar-refractivity contribution is -0.138. The maximum absolute atomic E-state index is 13.0. The molecule has 2 aliphatic heterocycles. The second-order valence-electron chi connectivity index (χ2n) is 8.29. The molecule has 2 aromatic carbocycles. The summed E-state index contributed by atoms with van der Waals surface area (Å²) in [5.74, 6) is 0.262. The summed E-state index contributed by atoms with van der Waals surface area (Å²) in [6.45, 7) is 5.41. The van der Waals surface area contributed by atoms with Gasteiger partial charge in [-0.15, -0.1) is 0 Å². The third-order valence-corrected chi connectivity index (χ3v) is 6.41. The first-order valence-corrected chi connectivity index (χ1v) is 11.3. The van der Waals surface area contributed by atoms with Crippen molar-refractivity contribution in [2.75, 3.05) is 44.6 Å². The highest BCUT2D eigenvalue weighted by Gasteiger charge is 2.31. The molecule has 0 aromatic heterocycles. The lowest BCUT2D eigenvalue weighted by Crippen LogP contribution is -2.51. The topological polar surface area (TPSA) is 55.9 Å². The van der Waals surface area contributed by atoms with E-state index in [0.29, 0.717) is 13.1 Å². The second-order valence-corrected chi connectivity index (χ2v) is 8.72. The van der Waals surface area contributed by atoms with Gasteiger partial charge in [0.05, 0.1) is 0 Å². The molecule has 3 amide bonds. The summed E-state index contributed by atoms with van der Waals surface area (Å²) in [6, 6.07) is 17.3. The Morgan fingerprint density at radius 3 is 2.13 bits per heavy atom. The number of amides is 3. The van der Waals surface area contributed by atoms with Gasteiger partial charge >= 0.3 is 6.03 Å². The molecule has 31 heavy (non-hydrogen) atoms. The number of piperazine rings is 1. The lowest BCUT2D eigenvalue weighted by Gasteiger charge is -2.38. The van der Waals surface area contributed by atoms with Crippen LogP contribution < -0.4 is 5.32 Å². The van der Waals surface area contributed by atoms with Gasteiger partial charge in [0.2, 0.25) is 5.91 Å². The third-order valence-electron chi connectivity index (χ3n) is 6.16. The predicted octanol–water partition coefficient (Wildman–Crippen LogP) is 3.93. The van der Waals surface area contributed by atoms with E-state index in [-0.39, 0.29) is 17.9 Å². The number of halogens is 1. The number of para-hydroxylation sites is 1. The van der Waals surface area contributed by atoms with Crippen LogP contribution in [0.1, 0.15) is 18.4 Å². The van der Waals surface area contributed by atoms with Crippen molar-refractivity contribution < 1.29 is 9.59 Å². The quantitative estimate of drug-likeness (QED) is 0.783. The monoisotopic (exact) mass is 440 g/mol. The van der Waals surface area contributed by atoms with E-state index in [2.05, 4.69) is 22.3 Å². The number of urea groups is 1. The van der Waals surface area contributed by atoms with Crippen LogP contribution in [-0.2, 0) is 11.3 Å². The van der Waals surface area contributed by atoms with Gasteiger partial charge in [0.15, 0.2) is 0 Å². The number of anilines is 1. The molecular formula is C24H29ClN4O2. The molecule has 0 spiro atoms. The maximum atomic E-state index is 13.0. The van der Waals surface area contributed by atoms with Crippen LogP contribution in [0.4, 0.5) is 10.5 Å². The molecule has 164 valence electrons. The minimum Gasteiger partial charge on any atom is -0.340 e. The molecule has 7 heteroatoms. The maximum Gasteiger partial charge on any atom is 0.321 e. The van der Waals surface area contributed by atoms with Crippen LogP contribution in [0.5, 0.6) is 0 Å². The molecule has 2 heterocycles. The molecule has 0 saturated carbocycles. The summed E-state index contributed by atoms with van der Waals surface area (Å²) >= 11 is 5.96. The highest BCUT2D eigenvalue weighted by atomic mass is 35.5. The summed E-state index contributed by atoms with van der Waals surface area (Å²) in [5, 5.41) is 3.68. The average molecular weight is 441 g/mol. The zero-order chi connectivity index (χ0) is 21.6. The Balaban J connectivity index is 1.20. The number of piperidine rings is 1. The number of nitrogens with zero attached hydrogens (tertiary/aromatic N) is 3. The first-order chi connectivity index (χ1) is 15.1. The average Bonchev–Trinajstić information content (AvgIpc) is 2.81. The van der Waals surface area contributed by atoms with Crippen molar-refractivity contribution in [1.82, 2.24) is 14.7 Å². The predicted molar refractivity (Wildman–Crippen MR) is 123 cm³/mol. The van der Waals surface area contributed by atoms with E-state index in [1.165, 1.54) is 5.56 Å². The van der Waals surface area contributed by atoms with Gasteiger partial charge in [-0.3, -0.25) is 9.69 Å². The van der Waals surface area contributed by atoms with Gasteiger partial charge in [0, 0.05) is 62.4 Å². The molecular weight excluding hydrogens is 412 g/mol. The molecule has 0 radical (unpaired) electrons. The van der Waals surface area contributed by atoms with Crippen molar-refractivity contribution in [2.45, 2.75) is 19.4 Å². The van der Waals surface area contributed by atoms with Crippen molar-refractivity contribution in [3.05, 3.63) is 65.2 Å². The molecule has 1 N–H and O–H groups in total. The van der Waals surface area contributed by atoms with E-state index in [1.54, 1.807) is 4.90 Å². The summed E-state index contributed by atoms with van der Waals surface area (Å²) in [4.78, 5) is 31.6. The van der Waals surface area contributed by atoms with Crippen LogP contribution in [0.2, 0.25) is 5.02 Å². The molecule has 2 aromatic rings. The third kappa shape index (κ3) is 5.77. The number of likely N-dealkylation sites (tertiary alicyclic amines) is 1. The SMILES string of the molecule is O=C(Nc1ccccc1)N1CCC(C(=O)N2CCN(Cc3ccc(Cl)cc3)CC2)CC1. The van der Waals surface area contributed by atoms with Gasteiger partial charge in [-0.1, -0.05) is 41.9 Å². The highest BCUT2D eigenvalue weighted by molar-refractivity contribution is 6.30. The van der Waals surface area contributed by atoms with E-state index in [0.717, 1.165) is 56.3 Å². The number of hydrogen-bond donors (Lipinski definition) is 1. The summed E-state index contributed by atoms with van der Waals surface area (Å²) in [6.07, 6.45) is 1.46. The minimum absolute atomic E-state index is 0.0172. The Morgan fingerprint density at radius 1 is 0.839 bits per heavy atom. The van der Waals surface area contributed by atoms with E-state index in [1.807, 2.05) is 47.4 Å². The van der Waals surface area contributed by atoms with Gasteiger partial charge < -0.3 is 15.1 Å². The second kappa shape index (κ2) is 10.2. The van der Waals surface area contributed by atoms with E-state index in [9.17, 15) is 9.59 Å². The van der Waals surface area contributed by atoms with Gasteiger partial charge in [-0.05, 0) is 42.7 Å². The van der Waals surface area contributed by atoms with Crippen molar-refractivity contribution in [3.8, 4) is 0 Å². The van der Waals surface area contributed by atoms with Crippen molar-refractivity contribution in [1.29, 1.82) is 0 Å². The largest absolute Gasteiger partial charge is 0.340 e. The Kier molecular flexibility index (Phi) is 7.10. The fourth-order valence-corrected chi connectivity index (χ4v) is 4.41. The standard InChI is InChI=1S/C24H29ClN4O2/c25-21-8-6-19(7-9-21)18-27-14-16-28(17-15-27)23(30)20-10-12-29(13-11-20)24(31)26-22-4-2-1-3-5-22/h1-9,20H,10-18H2,(H,26,31). The molecule has 2 fully saturated rings. The molecule has 0 unspecified atom stereocenters. The number of benzene rings is 2. The molecule has 0 atom stereocenters. The van der Waals surface area contributed by atoms with E-state index < -0.39 is 0 Å². The zero-order valence-electron chi connectivity index (χ0n) is 17.7. The number of carbonyl (C=O) groups is 2. The van der Waals surface area contributed by atoms with Gasteiger partial charge in [-0.25, -0.2) is 4.79 Å². The van der Waals surface area contributed by atoms with Crippen LogP contribution in [0.25, 0.3) is 0 Å². The zero-order valence-corrected chi connectivity index (χ0v) is 18.4. The van der Waals surface area contributed by atoms with Gasteiger partial charge in [0.1, 0.15) is 0 Å². The van der Waals surface area contributed by atoms with E-state index in [4.69, 9.17) is 11.6 Å². The van der Waals surface area contributed by atoms with E-state index >= 15 is 0 Å². The van der Waals surface area contributed by atoms with Crippen molar-refractivity contribution >= 4 is 29.2 Å². The first-order valence-electron chi connectivity index (χ1n) is 10.9. The molecule has 6 nitrogen and oxygen atoms in total. The van der Waals surface area contributed by atoms with Crippen LogP contribution in [0.3, 0.4) is 0 Å². The number of hydrogen-bond acceptors (Lipinski definition) is 3. The molecule has 4 rings (SSSR count). The van der Waals surface area contributed by atoms with Crippen LogP contribution in [0, 0.1) is 5.92 Å². The first kappa shape index (κ1) is 21.7. The van der Waals surface area contributed by atoms with Crippen molar-refractivity contribution in [2.24, 2.45) is 5.92 Å². The summed E-state index contributed by atoms with van der Waals surface area (Å²) < 4.78 is 0. The normalized spacial score (nSPS) is 18.1. The van der Waals surface area contributed by atoms with Crippen LogP contribution in [0.15, 0.2) is 54.6 Å². The van der Waals surface area contributed by atoms with Gasteiger partial charge in [-0.2, -0.15) is 0 Å². The lowest BCUT2D eigenvalue weighted by atomic mass is 9.95. The number of rotatable bonds is 4.